The van der Waals surface area contributed by atoms with Crippen molar-refractivity contribution in [1.82, 2.24) is 9.21 Å². The van der Waals surface area contributed by atoms with Gasteiger partial charge in [-0.1, -0.05) is 34.1 Å². The third kappa shape index (κ3) is 5.58. The van der Waals surface area contributed by atoms with E-state index in [9.17, 15) is 13.5 Å². The molecule has 1 aliphatic heterocycles. The van der Waals surface area contributed by atoms with Gasteiger partial charge in [0.15, 0.2) is 0 Å². The normalized spacial score (nSPS) is 17.2. The minimum absolute atomic E-state index is 0.211. The SMILES string of the molecule is Cc1cccc(C)c1OC[C@@H](O)CN1CCN(S(=O)(=O)c2ccc(Br)cc2)CC1. The molecule has 0 bridgehead atoms. The summed E-state index contributed by atoms with van der Waals surface area (Å²) in [5, 5.41) is 10.4. The Bertz CT molecular complexity index is 906. The summed E-state index contributed by atoms with van der Waals surface area (Å²) in [6.07, 6.45) is -0.636. The Hall–Kier alpha value is -1.45. The van der Waals surface area contributed by atoms with E-state index in [0.29, 0.717) is 37.6 Å². The second-order valence-electron chi connectivity index (χ2n) is 7.34. The Balaban J connectivity index is 1.50. The topological polar surface area (TPSA) is 70.1 Å². The van der Waals surface area contributed by atoms with Gasteiger partial charge < -0.3 is 9.84 Å². The number of aliphatic hydroxyl groups excluding tert-OH is 1. The summed E-state index contributed by atoms with van der Waals surface area (Å²) >= 11 is 3.33. The molecule has 2 aromatic rings. The number of aliphatic hydroxyl groups is 1. The smallest absolute Gasteiger partial charge is 0.243 e. The highest BCUT2D eigenvalue weighted by Gasteiger charge is 2.29. The van der Waals surface area contributed by atoms with E-state index in [-0.39, 0.29) is 6.61 Å². The molecule has 1 fully saturated rings. The van der Waals surface area contributed by atoms with Crippen molar-refractivity contribution in [2.24, 2.45) is 0 Å². The fourth-order valence-electron chi connectivity index (χ4n) is 3.47. The lowest BCUT2D eigenvalue weighted by atomic mass is 10.1. The number of sulfonamides is 1. The van der Waals surface area contributed by atoms with E-state index in [2.05, 4.69) is 20.8 Å². The zero-order valence-corrected chi connectivity index (χ0v) is 19.1. The molecule has 1 atom stereocenters. The Morgan fingerprint density at radius 1 is 1.03 bits per heavy atom. The van der Waals surface area contributed by atoms with Gasteiger partial charge in [-0.25, -0.2) is 8.42 Å². The van der Waals surface area contributed by atoms with Gasteiger partial charge in [-0.05, 0) is 49.2 Å². The molecule has 6 nitrogen and oxygen atoms in total. The molecule has 1 saturated heterocycles. The first-order valence-electron chi connectivity index (χ1n) is 9.62. The Morgan fingerprint density at radius 2 is 1.62 bits per heavy atom. The van der Waals surface area contributed by atoms with Crippen molar-refractivity contribution in [2.45, 2.75) is 24.8 Å². The summed E-state index contributed by atoms with van der Waals surface area (Å²) in [4.78, 5) is 2.38. The molecular weight excluding hydrogens is 456 g/mol. The second kappa shape index (κ2) is 9.57. The zero-order valence-electron chi connectivity index (χ0n) is 16.7. The highest BCUT2D eigenvalue weighted by Crippen LogP contribution is 2.23. The number of benzene rings is 2. The van der Waals surface area contributed by atoms with Crippen LogP contribution in [0.15, 0.2) is 51.8 Å². The van der Waals surface area contributed by atoms with Crippen molar-refractivity contribution in [1.29, 1.82) is 0 Å². The van der Waals surface area contributed by atoms with Gasteiger partial charge in [-0.15, -0.1) is 0 Å². The van der Waals surface area contributed by atoms with Crippen molar-refractivity contribution < 1.29 is 18.3 Å². The van der Waals surface area contributed by atoms with Crippen LogP contribution in [-0.2, 0) is 10.0 Å². The monoisotopic (exact) mass is 482 g/mol. The van der Waals surface area contributed by atoms with E-state index in [4.69, 9.17) is 4.74 Å². The summed E-state index contributed by atoms with van der Waals surface area (Å²) < 4.78 is 33.7. The van der Waals surface area contributed by atoms with Crippen LogP contribution in [0.5, 0.6) is 5.75 Å². The summed E-state index contributed by atoms with van der Waals surface area (Å²) in [7, 11) is -3.49. The van der Waals surface area contributed by atoms with Crippen LogP contribution in [-0.4, -0.2) is 68.2 Å². The standard InChI is InChI=1S/C21H27BrN2O4S/c1-16-4-3-5-17(2)21(16)28-15-19(25)14-23-10-12-24(13-11-23)29(26,27)20-8-6-18(22)7-9-20/h3-9,19,25H,10-15H2,1-2H3/t19-/m0/s1. The van der Waals surface area contributed by atoms with Gasteiger partial charge in [0.05, 0.1) is 4.90 Å². The average Bonchev–Trinajstić information content (AvgIpc) is 2.68. The summed E-state index contributed by atoms with van der Waals surface area (Å²) in [5.74, 6) is 0.817. The van der Waals surface area contributed by atoms with Crippen LogP contribution in [0, 0.1) is 13.8 Å². The molecule has 0 aliphatic carbocycles. The van der Waals surface area contributed by atoms with E-state index in [1.807, 2.05) is 32.0 Å². The third-order valence-corrected chi connectivity index (χ3v) is 7.52. The van der Waals surface area contributed by atoms with Crippen LogP contribution in [0.25, 0.3) is 0 Å². The number of ether oxygens (including phenoxy) is 1. The Morgan fingerprint density at radius 3 is 2.21 bits per heavy atom. The minimum Gasteiger partial charge on any atom is -0.490 e. The molecule has 0 spiro atoms. The number of para-hydroxylation sites is 1. The van der Waals surface area contributed by atoms with Gasteiger partial charge in [0, 0.05) is 37.2 Å². The van der Waals surface area contributed by atoms with Gasteiger partial charge in [-0.3, -0.25) is 4.90 Å². The molecule has 8 heteroatoms. The molecule has 1 heterocycles. The minimum atomic E-state index is -3.49. The maximum atomic E-state index is 12.8. The number of piperazine rings is 1. The molecule has 1 N–H and O–H groups in total. The largest absolute Gasteiger partial charge is 0.490 e. The van der Waals surface area contributed by atoms with Crippen molar-refractivity contribution in [3.63, 3.8) is 0 Å². The maximum Gasteiger partial charge on any atom is 0.243 e. The molecule has 1 aliphatic rings. The van der Waals surface area contributed by atoms with Crippen molar-refractivity contribution in [2.75, 3.05) is 39.3 Å². The molecule has 0 amide bonds. The van der Waals surface area contributed by atoms with E-state index in [1.54, 1.807) is 24.3 Å². The fourth-order valence-corrected chi connectivity index (χ4v) is 5.15. The number of halogens is 1. The summed E-state index contributed by atoms with van der Waals surface area (Å²) in [5.41, 5.74) is 2.09. The fraction of sp³-hybridized carbons (Fsp3) is 0.429. The van der Waals surface area contributed by atoms with Gasteiger partial charge in [0.1, 0.15) is 18.5 Å². The predicted octanol–water partition coefficient (Wildman–Crippen LogP) is 2.81. The van der Waals surface area contributed by atoms with Crippen LogP contribution >= 0.6 is 15.9 Å². The first-order valence-corrected chi connectivity index (χ1v) is 11.9. The molecule has 3 rings (SSSR count). The van der Waals surface area contributed by atoms with Gasteiger partial charge >= 0.3 is 0 Å². The number of aryl methyl sites for hydroxylation is 2. The maximum absolute atomic E-state index is 12.8. The Kier molecular flexibility index (Phi) is 7.34. The van der Waals surface area contributed by atoms with E-state index in [0.717, 1.165) is 21.3 Å². The molecule has 0 aromatic heterocycles. The number of rotatable bonds is 7. The van der Waals surface area contributed by atoms with Crippen LogP contribution in [0.1, 0.15) is 11.1 Å². The highest BCUT2D eigenvalue weighted by molar-refractivity contribution is 9.10. The van der Waals surface area contributed by atoms with E-state index < -0.39 is 16.1 Å². The number of hydrogen-bond acceptors (Lipinski definition) is 5. The first kappa shape index (κ1) is 22.2. The highest BCUT2D eigenvalue weighted by atomic mass is 79.9. The number of hydrogen-bond donors (Lipinski definition) is 1. The molecule has 0 radical (unpaired) electrons. The van der Waals surface area contributed by atoms with Gasteiger partial charge in [-0.2, -0.15) is 4.31 Å². The number of nitrogens with zero attached hydrogens (tertiary/aromatic N) is 2. The summed E-state index contributed by atoms with van der Waals surface area (Å²) in [6, 6.07) is 12.6. The zero-order chi connectivity index (χ0) is 21.0. The van der Waals surface area contributed by atoms with Crippen molar-refractivity contribution in [3.8, 4) is 5.75 Å². The lowest BCUT2D eigenvalue weighted by Gasteiger charge is -2.34. The summed E-state index contributed by atoms with van der Waals surface area (Å²) in [6.45, 7) is 6.61. The van der Waals surface area contributed by atoms with Crippen LogP contribution in [0.2, 0.25) is 0 Å². The molecule has 2 aromatic carbocycles. The van der Waals surface area contributed by atoms with Gasteiger partial charge in [0.25, 0.3) is 0 Å². The lowest BCUT2D eigenvalue weighted by Crippen LogP contribution is -2.50. The lowest BCUT2D eigenvalue weighted by molar-refractivity contribution is 0.0565. The average molecular weight is 483 g/mol. The molecule has 0 saturated carbocycles. The van der Waals surface area contributed by atoms with Crippen molar-refractivity contribution in [3.05, 3.63) is 58.1 Å². The third-order valence-electron chi connectivity index (χ3n) is 5.08. The predicted molar refractivity (Wildman–Crippen MR) is 117 cm³/mol. The number of β-amino-alcohol motifs (C(OH)–C–C–N with tert-alkyl or cyclic N) is 1. The molecule has 29 heavy (non-hydrogen) atoms. The van der Waals surface area contributed by atoms with Gasteiger partial charge in [0.2, 0.25) is 10.0 Å². The van der Waals surface area contributed by atoms with Crippen LogP contribution < -0.4 is 4.74 Å². The quantitative estimate of drug-likeness (QED) is 0.656. The van der Waals surface area contributed by atoms with E-state index in [1.165, 1.54) is 4.31 Å². The second-order valence-corrected chi connectivity index (χ2v) is 10.2. The Labute approximate surface area is 181 Å². The molecule has 0 unspecified atom stereocenters. The first-order chi connectivity index (χ1) is 13.8. The van der Waals surface area contributed by atoms with Crippen LogP contribution in [0.4, 0.5) is 0 Å². The van der Waals surface area contributed by atoms with Crippen molar-refractivity contribution >= 4 is 26.0 Å². The van der Waals surface area contributed by atoms with Crippen LogP contribution in [0.3, 0.4) is 0 Å². The molecular formula is C21H27BrN2O4S. The van der Waals surface area contributed by atoms with E-state index >= 15 is 0 Å². The molecule has 158 valence electrons.